The molecule has 4 nitrogen and oxygen atoms in total. The molecule has 2 heterocycles. The van der Waals surface area contributed by atoms with Crippen LogP contribution in [0.25, 0.3) is 5.65 Å². The van der Waals surface area contributed by atoms with Crippen molar-refractivity contribution in [1.29, 1.82) is 0 Å². The zero-order valence-electron chi connectivity index (χ0n) is 9.69. The van der Waals surface area contributed by atoms with Crippen LogP contribution in [-0.4, -0.2) is 15.3 Å². The monoisotopic (exact) mass is 217 g/mol. The van der Waals surface area contributed by atoms with Crippen LogP contribution in [0, 0.1) is 0 Å². The summed E-state index contributed by atoms with van der Waals surface area (Å²) in [6.07, 6.45) is 3.80. The highest BCUT2D eigenvalue weighted by atomic mass is 16.1. The summed E-state index contributed by atoms with van der Waals surface area (Å²) in [5, 5.41) is 0. The summed E-state index contributed by atoms with van der Waals surface area (Å²) in [5.41, 5.74) is 7.29. The molecule has 0 fully saturated rings. The molecule has 2 aromatic rings. The Morgan fingerprint density at radius 1 is 1.44 bits per heavy atom. The van der Waals surface area contributed by atoms with Gasteiger partial charge in [0.15, 0.2) is 0 Å². The van der Waals surface area contributed by atoms with Crippen molar-refractivity contribution in [3.05, 3.63) is 35.8 Å². The number of aromatic nitrogens is 2. The first-order valence-corrected chi connectivity index (χ1v) is 5.17. The van der Waals surface area contributed by atoms with Crippen LogP contribution >= 0.6 is 0 Å². The lowest BCUT2D eigenvalue weighted by Gasteiger charge is -2.13. The predicted octanol–water partition coefficient (Wildman–Crippen LogP) is 1.73. The summed E-state index contributed by atoms with van der Waals surface area (Å²) in [7, 11) is 0. The molecule has 2 rings (SSSR count). The minimum absolute atomic E-state index is 0.0407. The number of hydrogen-bond acceptors (Lipinski definition) is 2. The van der Waals surface area contributed by atoms with E-state index in [0.717, 1.165) is 5.69 Å². The average Bonchev–Trinajstić information content (AvgIpc) is 2.59. The Morgan fingerprint density at radius 3 is 2.69 bits per heavy atom. The van der Waals surface area contributed by atoms with E-state index in [1.807, 2.05) is 16.8 Å². The number of pyridine rings is 1. The van der Waals surface area contributed by atoms with Crippen molar-refractivity contribution in [2.45, 2.75) is 26.2 Å². The number of carbonyl (C=O) groups excluding carboxylic acids is 1. The molecule has 0 bridgehead atoms. The summed E-state index contributed by atoms with van der Waals surface area (Å²) in [6, 6.07) is 3.48. The SMILES string of the molecule is CC(C)(C)c1cn2cccc(C(N)=O)c2n1. The van der Waals surface area contributed by atoms with Crippen molar-refractivity contribution in [3.63, 3.8) is 0 Å². The normalized spacial score (nSPS) is 11.9. The second-order valence-electron chi connectivity index (χ2n) is 4.89. The molecular weight excluding hydrogens is 202 g/mol. The topological polar surface area (TPSA) is 60.4 Å². The van der Waals surface area contributed by atoms with E-state index >= 15 is 0 Å². The third kappa shape index (κ3) is 1.66. The number of nitrogens with two attached hydrogens (primary N) is 1. The van der Waals surface area contributed by atoms with Crippen molar-refractivity contribution in [2.75, 3.05) is 0 Å². The molecule has 0 radical (unpaired) electrons. The quantitative estimate of drug-likeness (QED) is 0.790. The Labute approximate surface area is 94.1 Å². The van der Waals surface area contributed by atoms with E-state index in [-0.39, 0.29) is 5.41 Å². The molecule has 0 aliphatic rings. The fourth-order valence-corrected chi connectivity index (χ4v) is 1.57. The van der Waals surface area contributed by atoms with Gasteiger partial charge in [-0.1, -0.05) is 20.8 Å². The van der Waals surface area contributed by atoms with E-state index in [1.54, 1.807) is 12.1 Å². The molecule has 84 valence electrons. The van der Waals surface area contributed by atoms with E-state index in [2.05, 4.69) is 25.8 Å². The summed E-state index contributed by atoms with van der Waals surface area (Å²) < 4.78 is 1.83. The molecule has 0 aliphatic carbocycles. The van der Waals surface area contributed by atoms with Gasteiger partial charge in [0.25, 0.3) is 5.91 Å². The number of imidazole rings is 1. The highest BCUT2D eigenvalue weighted by Crippen LogP contribution is 2.22. The third-order valence-corrected chi connectivity index (χ3v) is 2.52. The maximum absolute atomic E-state index is 11.2. The van der Waals surface area contributed by atoms with Gasteiger partial charge in [0.2, 0.25) is 0 Å². The maximum atomic E-state index is 11.2. The molecule has 0 aliphatic heterocycles. The van der Waals surface area contributed by atoms with Crippen LogP contribution in [0.1, 0.15) is 36.8 Å². The second kappa shape index (κ2) is 3.33. The minimum Gasteiger partial charge on any atom is -0.365 e. The van der Waals surface area contributed by atoms with Gasteiger partial charge in [-0.05, 0) is 12.1 Å². The van der Waals surface area contributed by atoms with E-state index in [0.29, 0.717) is 11.2 Å². The van der Waals surface area contributed by atoms with Crippen LogP contribution in [0.3, 0.4) is 0 Å². The standard InChI is InChI=1S/C12H15N3O/c1-12(2,3)9-7-15-6-4-5-8(10(13)16)11(15)14-9/h4-7H,1-3H3,(H2,13,16). The van der Waals surface area contributed by atoms with Gasteiger partial charge in [0.05, 0.1) is 11.3 Å². The van der Waals surface area contributed by atoms with Crippen LogP contribution in [0.5, 0.6) is 0 Å². The van der Waals surface area contributed by atoms with Gasteiger partial charge >= 0.3 is 0 Å². The molecule has 0 spiro atoms. The number of amides is 1. The number of rotatable bonds is 1. The smallest absolute Gasteiger partial charge is 0.252 e. The van der Waals surface area contributed by atoms with Gasteiger partial charge < -0.3 is 10.1 Å². The van der Waals surface area contributed by atoms with E-state index < -0.39 is 5.91 Å². The number of nitrogens with zero attached hydrogens (tertiary/aromatic N) is 2. The van der Waals surface area contributed by atoms with Gasteiger partial charge in [0, 0.05) is 17.8 Å². The number of carbonyl (C=O) groups is 1. The van der Waals surface area contributed by atoms with Gasteiger partial charge in [0.1, 0.15) is 5.65 Å². The Kier molecular flexibility index (Phi) is 2.22. The first kappa shape index (κ1) is 10.7. The number of hydrogen-bond donors (Lipinski definition) is 1. The molecule has 16 heavy (non-hydrogen) atoms. The zero-order chi connectivity index (χ0) is 11.9. The largest absolute Gasteiger partial charge is 0.365 e. The maximum Gasteiger partial charge on any atom is 0.252 e. The Hall–Kier alpha value is -1.84. The lowest BCUT2D eigenvalue weighted by atomic mass is 9.93. The molecule has 0 atom stereocenters. The van der Waals surface area contributed by atoms with Crippen LogP contribution in [0.2, 0.25) is 0 Å². The summed E-state index contributed by atoms with van der Waals surface area (Å²) in [5.74, 6) is -0.448. The van der Waals surface area contributed by atoms with Crippen molar-refractivity contribution in [1.82, 2.24) is 9.38 Å². The van der Waals surface area contributed by atoms with Crippen molar-refractivity contribution in [2.24, 2.45) is 5.73 Å². The van der Waals surface area contributed by atoms with Crippen molar-refractivity contribution >= 4 is 11.6 Å². The fourth-order valence-electron chi connectivity index (χ4n) is 1.57. The zero-order valence-corrected chi connectivity index (χ0v) is 9.69. The summed E-state index contributed by atoms with van der Waals surface area (Å²) >= 11 is 0. The van der Waals surface area contributed by atoms with E-state index in [9.17, 15) is 4.79 Å². The number of primary amides is 1. The Bertz CT molecular complexity index is 549. The lowest BCUT2D eigenvalue weighted by Crippen LogP contribution is -2.13. The minimum atomic E-state index is -0.448. The summed E-state index contributed by atoms with van der Waals surface area (Å²) in [6.45, 7) is 6.25. The first-order chi connectivity index (χ1) is 7.39. The van der Waals surface area contributed by atoms with Crippen LogP contribution in [-0.2, 0) is 5.41 Å². The molecule has 1 amide bonds. The highest BCUT2D eigenvalue weighted by Gasteiger charge is 2.19. The highest BCUT2D eigenvalue weighted by molar-refractivity contribution is 5.98. The average molecular weight is 217 g/mol. The Balaban J connectivity index is 2.71. The van der Waals surface area contributed by atoms with Crippen LogP contribution < -0.4 is 5.73 Å². The lowest BCUT2D eigenvalue weighted by molar-refractivity contribution is 0.100. The summed E-state index contributed by atoms with van der Waals surface area (Å²) in [4.78, 5) is 15.7. The number of fused-ring (bicyclic) bond motifs is 1. The molecule has 2 N–H and O–H groups in total. The molecule has 2 aromatic heterocycles. The molecule has 0 unspecified atom stereocenters. The molecule has 0 saturated carbocycles. The second-order valence-corrected chi connectivity index (χ2v) is 4.89. The molecule has 0 aromatic carbocycles. The van der Waals surface area contributed by atoms with E-state index in [4.69, 9.17) is 5.73 Å². The molecule has 0 saturated heterocycles. The van der Waals surface area contributed by atoms with Gasteiger partial charge in [-0.3, -0.25) is 4.79 Å². The Morgan fingerprint density at radius 2 is 2.12 bits per heavy atom. The van der Waals surface area contributed by atoms with Gasteiger partial charge in [-0.25, -0.2) is 4.98 Å². The van der Waals surface area contributed by atoms with Crippen molar-refractivity contribution < 1.29 is 4.79 Å². The third-order valence-electron chi connectivity index (χ3n) is 2.52. The van der Waals surface area contributed by atoms with Crippen LogP contribution in [0.15, 0.2) is 24.5 Å². The van der Waals surface area contributed by atoms with Crippen molar-refractivity contribution in [3.8, 4) is 0 Å². The molecule has 4 heteroatoms. The van der Waals surface area contributed by atoms with Gasteiger partial charge in [-0.15, -0.1) is 0 Å². The van der Waals surface area contributed by atoms with Crippen LogP contribution in [0.4, 0.5) is 0 Å². The predicted molar refractivity (Wildman–Crippen MR) is 62.4 cm³/mol. The van der Waals surface area contributed by atoms with Gasteiger partial charge in [-0.2, -0.15) is 0 Å². The van der Waals surface area contributed by atoms with E-state index in [1.165, 1.54) is 0 Å². The molecular formula is C12H15N3O. The first-order valence-electron chi connectivity index (χ1n) is 5.17. The fraction of sp³-hybridized carbons (Fsp3) is 0.333.